The third-order valence-electron chi connectivity index (χ3n) is 2.75. The van der Waals surface area contributed by atoms with Crippen LogP contribution in [0.2, 0.25) is 5.02 Å². The van der Waals surface area contributed by atoms with E-state index in [9.17, 15) is 4.79 Å². The normalized spacial score (nSPS) is 10.2. The Labute approximate surface area is 142 Å². The molecule has 0 aliphatic rings. The molecule has 1 aromatic carbocycles. The van der Waals surface area contributed by atoms with E-state index in [4.69, 9.17) is 11.6 Å². The van der Waals surface area contributed by atoms with Gasteiger partial charge in [-0.15, -0.1) is 0 Å². The fourth-order valence-electron chi connectivity index (χ4n) is 1.68. The molecule has 0 unspecified atom stereocenters. The van der Waals surface area contributed by atoms with Gasteiger partial charge < -0.3 is 10.6 Å². The molecule has 0 aliphatic heterocycles. The van der Waals surface area contributed by atoms with Crippen molar-refractivity contribution in [2.24, 2.45) is 0 Å². The second kappa shape index (κ2) is 7.61. The number of amides is 1. The van der Waals surface area contributed by atoms with Crippen LogP contribution in [0.4, 0.5) is 11.4 Å². The van der Waals surface area contributed by atoms with E-state index in [0.29, 0.717) is 16.4 Å². The van der Waals surface area contributed by atoms with Gasteiger partial charge in [-0.05, 0) is 59.3 Å². The number of benzene rings is 1. The second-order valence-corrected chi connectivity index (χ2v) is 6.09. The lowest BCUT2D eigenvalue weighted by Gasteiger charge is -2.08. The number of nitrogens with one attached hydrogen (secondary N) is 2. The Morgan fingerprint density at radius 1 is 1.33 bits per heavy atom. The van der Waals surface area contributed by atoms with Gasteiger partial charge in [0.1, 0.15) is 5.69 Å². The number of rotatable bonds is 5. The number of halogens is 2. The Hall–Kier alpha value is -1.34. The van der Waals surface area contributed by atoms with Gasteiger partial charge in [-0.3, -0.25) is 4.79 Å². The molecule has 1 amide bonds. The number of hydrogen-bond donors (Lipinski definition) is 2. The molecule has 1 heterocycles. The minimum atomic E-state index is -0.278. The number of carbonyl (C=O) groups excluding carboxylic acids is 1. The largest absolute Gasteiger partial charge is 0.384 e. The third-order valence-corrected chi connectivity index (χ3v) is 3.74. The number of nitrogens with zero attached hydrogens (tertiary/aromatic N) is 1. The summed E-state index contributed by atoms with van der Waals surface area (Å²) in [5.74, 6) is -0.278. The summed E-state index contributed by atoms with van der Waals surface area (Å²) in [4.78, 5) is 16.3. The molecule has 0 aliphatic carbocycles. The van der Waals surface area contributed by atoms with E-state index in [-0.39, 0.29) is 5.91 Å². The summed E-state index contributed by atoms with van der Waals surface area (Å²) < 4.78 is 1.01. The van der Waals surface area contributed by atoms with Gasteiger partial charge in [0.15, 0.2) is 0 Å². The lowest BCUT2D eigenvalue weighted by atomic mass is 10.2. The molecule has 21 heavy (non-hydrogen) atoms. The molecule has 110 valence electrons. The van der Waals surface area contributed by atoms with Gasteiger partial charge in [-0.1, -0.05) is 18.5 Å². The summed E-state index contributed by atoms with van der Waals surface area (Å²) in [6.07, 6.45) is 2.69. The highest BCUT2D eigenvalue weighted by Gasteiger charge is 2.10. The van der Waals surface area contributed by atoms with Gasteiger partial charge in [0.05, 0.1) is 22.6 Å². The molecule has 2 N–H and O–H groups in total. The number of hydrogen-bond acceptors (Lipinski definition) is 3. The van der Waals surface area contributed by atoms with Crippen LogP contribution < -0.4 is 10.6 Å². The molecule has 0 saturated heterocycles. The maximum Gasteiger partial charge on any atom is 0.274 e. The Morgan fingerprint density at radius 3 is 2.76 bits per heavy atom. The van der Waals surface area contributed by atoms with Gasteiger partial charge in [-0.25, -0.2) is 4.98 Å². The van der Waals surface area contributed by atoms with Gasteiger partial charge in [0.25, 0.3) is 5.91 Å². The van der Waals surface area contributed by atoms with Crippen molar-refractivity contribution in [2.45, 2.75) is 13.3 Å². The van der Waals surface area contributed by atoms with Gasteiger partial charge in [0, 0.05) is 10.1 Å². The monoisotopic (exact) mass is 415 g/mol. The smallest absolute Gasteiger partial charge is 0.274 e. The van der Waals surface area contributed by atoms with Crippen molar-refractivity contribution in [1.29, 1.82) is 0 Å². The minimum Gasteiger partial charge on any atom is -0.384 e. The van der Waals surface area contributed by atoms with E-state index < -0.39 is 0 Å². The topological polar surface area (TPSA) is 54.0 Å². The van der Waals surface area contributed by atoms with E-state index in [1.807, 2.05) is 12.1 Å². The molecule has 0 bridgehead atoms. The average molecular weight is 416 g/mol. The van der Waals surface area contributed by atoms with E-state index in [0.717, 1.165) is 22.2 Å². The first-order valence-electron chi connectivity index (χ1n) is 6.56. The van der Waals surface area contributed by atoms with Crippen LogP contribution in [0.3, 0.4) is 0 Å². The summed E-state index contributed by atoms with van der Waals surface area (Å²) in [6.45, 7) is 2.97. The Morgan fingerprint density at radius 2 is 2.14 bits per heavy atom. The van der Waals surface area contributed by atoms with Crippen LogP contribution in [0.15, 0.2) is 36.5 Å². The lowest BCUT2D eigenvalue weighted by molar-refractivity contribution is 0.102. The Kier molecular flexibility index (Phi) is 5.81. The predicted molar refractivity (Wildman–Crippen MR) is 95.1 cm³/mol. The molecular formula is C15H15ClIN3O. The highest BCUT2D eigenvalue weighted by molar-refractivity contribution is 14.1. The molecule has 0 atom stereocenters. The van der Waals surface area contributed by atoms with Gasteiger partial charge >= 0.3 is 0 Å². The maximum absolute atomic E-state index is 12.1. The third kappa shape index (κ3) is 4.57. The number of pyridine rings is 1. The summed E-state index contributed by atoms with van der Waals surface area (Å²) in [5.41, 5.74) is 1.84. The quantitative estimate of drug-likeness (QED) is 0.711. The molecule has 0 spiro atoms. The predicted octanol–water partition coefficient (Wildman–Crippen LogP) is 4.41. The van der Waals surface area contributed by atoms with Crippen LogP contribution in [-0.4, -0.2) is 17.4 Å². The lowest BCUT2D eigenvalue weighted by Crippen LogP contribution is -2.14. The van der Waals surface area contributed by atoms with Gasteiger partial charge in [0.2, 0.25) is 0 Å². The molecule has 1 aromatic heterocycles. The minimum absolute atomic E-state index is 0.278. The maximum atomic E-state index is 12.1. The Bertz CT molecular complexity index is 631. The summed E-state index contributed by atoms with van der Waals surface area (Å²) in [7, 11) is 0. The van der Waals surface area contributed by atoms with E-state index in [1.165, 1.54) is 0 Å². The standard InChI is InChI=1S/C15H15ClIN3O/c1-2-7-18-11-4-6-14(19-9-11)15(21)20-13-5-3-10(17)8-12(13)16/h3-6,8-9,18H,2,7H2,1H3,(H,20,21). The highest BCUT2D eigenvalue weighted by Crippen LogP contribution is 2.24. The first-order chi connectivity index (χ1) is 10.1. The average Bonchev–Trinajstić information content (AvgIpc) is 2.48. The van der Waals surface area contributed by atoms with Crippen molar-refractivity contribution in [3.63, 3.8) is 0 Å². The summed E-state index contributed by atoms with van der Waals surface area (Å²) >= 11 is 8.26. The number of aromatic nitrogens is 1. The van der Waals surface area contributed by atoms with Crippen LogP contribution in [0.5, 0.6) is 0 Å². The van der Waals surface area contributed by atoms with Crippen molar-refractivity contribution >= 4 is 51.5 Å². The van der Waals surface area contributed by atoms with Crippen molar-refractivity contribution in [2.75, 3.05) is 17.2 Å². The summed E-state index contributed by atoms with van der Waals surface area (Å²) in [5, 5.41) is 6.48. The summed E-state index contributed by atoms with van der Waals surface area (Å²) in [6, 6.07) is 8.98. The fourth-order valence-corrected chi connectivity index (χ4v) is 2.58. The zero-order chi connectivity index (χ0) is 15.2. The molecule has 4 nitrogen and oxygen atoms in total. The highest BCUT2D eigenvalue weighted by atomic mass is 127. The van der Waals surface area contributed by atoms with Crippen LogP contribution in [0.1, 0.15) is 23.8 Å². The van der Waals surface area contributed by atoms with Crippen molar-refractivity contribution in [1.82, 2.24) is 4.98 Å². The zero-order valence-corrected chi connectivity index (χ0v) is 14.4. The van der Waals surface area contributed by atoms with Crippen molar-refractivity contribution in [3.8, 4) is 0 Å². The van der Waals surface area contributed by atoms with Crippen LogP contribution in [0, 0.1) is 3.57 Å². The number of carbonyl (C=O) groups is 1. The molecule has 0 radical (unpaired) electrons. The molecule has 0 fully saturated rings. The molecule has 0 saturated carbocycles. The van der Waals surface area contributed by atoms with Crippen molar-refractivity contribution in [3.05, 3.63) is 50.8 Å². The van der Waals surface area contributed by atoms with Crippen molar-refractivity contribution < 1.29 is 4.79 Å². The first kappa shape index (κ1) is 16.0. The first-order valence-corrected chi connectivity index (χ1v) is 8.02. The fraction of sp³-hybridized carbons (Fsp3) is 0.200. The zero-order valence-electron chi connectivity index (χ0n) is 11.5. The SMILES string of the molecule is CCCNc1ccc(C(=O)Nc2ccc(I)cc2Cl)nc1. The number of anilines is 2. The van der Waals surface area contributed by atoms with Crippen LogP contribution >= 0.6 is 34.2 Å². The van der Waals surface area contributed by atoms with E-state index >= 15 is 0 Å². The van der Waals surface area contributed by atoms with Crippen LogP contribution in [0.25, 0.3) is 0 Å². The van der Waals surface area contributed by atoms with E-state index in [2.05, 4.69) is 45.1 Å². The molecular weight excluding hydrogens is 401 g/mol. The second-order valence-electron chi connectivity index (χ2n) is 4.44. The molecule has 2 rings (SSSR count). The van der Waals surface area contributed by atoms with Gasteiger partial charge in [-0.2, -0.15) is 0 Å². The van der Waals surface area contributed by atoms with Crippen LogP contribution in [-0.2, 0) is 0 Å². The molecule has 2 aromatic rings. The molecule has 6 heteroatoms. The van der Waals surface area contributed by atoms with E-state index in [1.54, 1.807) is 24.4 Å². The Balaban J connectivity index is 2.06.